The summed E-state index contributed by atoms with van der Waals surface area (Å²) < 4.78 is 13.4. The second kappa shape index (κ2) is 14.3. The van der Waals surface area contributed by atoms with E-state index in [2.05, 4.69) is 30.7 Å². The number of anilines is 1. The van der Waals surface area contributed by atoms with E-state index in [9.17, 15) is 18.8 Å². The number of piperidine rings is 2. The molecule has 0 spiro atoms. The molecule has 1 aromatic carbocycles. The highest BCUT2D eigenvalue weighted by molar-refractivity contribution is 7.17. The molecular formula is C30H43FN6O3S. The van der Waals surface area contributed by atoms with Gasteiger partial charge in [0.05, 0.1) is 17.1 Å². The van der Waals surface area contributed by atoms with Crippen LogP contribution in [0.15, 0.2) is 24.3 Å². The minimum atomic E-state index is -0.331. The number of carbonyl (C=O) groups excluding carboxylic acids is 3. The fourth-order valence-corrected chi connectivity index (χ4v) is 6.90. The van der Waals surface area contributed by atoms with Gasteiger partial charge in [-0.05, 0) is 76.6 Å². The van der Waals surface area contributed by atoms with Crippen molar-refractivity contribution in [2.75, 3.05) is 44.6 Å². The number of rotatable bonds is 10. The van der Waals surface area contributed by atoms with Gasteiger partial charge in [0.25, 0.3) is 0 Å². The van der Waals surface area contributed by atoms with Gasteiger partial charge in [0.15, 0.2) is 10.9 Å². The van der Waals surface area contributed by atoms with Gasteiger partial charge in [-0.25, -0.2) is 14.2 Å². The van der Waals surface area contributed by atoms with Gasteiger partial charge in [-0.15, -0.1) is 0 Å². The highest BCUT2D eigenvalue weighted by Gasteiger charge is 2.34. The Balaban J connectivity index is 1.40. The van der Waals surface area contributed by atoms with Crippen LogP contribution in [0.25, 0.3) is 0 Å². The topological polar surface area (TPSA) is 107 Å². The Hall–Kier alpha value is -2.89. The Morgan fingerprint density at radius 2 is 1.85 bits per heavy atom. The lowest BCUT2D eigenvalue weighted by atomic mass is 9.88. The molecule has 2 aromatic rings. The SMILES string of the molecule is CC(=O)c1sc(NC(=O)N[C@@H]2CCN(CC(=O)NC(C)C)C[C@H]2CN2CCCC(Cc3ccc(F)cc3)C2)nc1C. The second-order valence-corrected chi connectivity index (χ2v) is 12.8. The number of likely N-dealkylation sites (tertiary alicyclic amines) is 2. The predicted octanol–water partition coefficient (Wildman–Crippen LogP) is 4.08. The fraction of sp³-hybridized carbons (Fsp3) is 0.600. The number of ketones is 1. The fourth-order valence-electron chi connectivity index (χ4n) is 6.04. The van der Waals surface area contributed by atoms with Crippen molar-refractivity contribution in [3.05, 3.63) is 46.2 Å². The van der Waals surface area contributed by atoms with Crippen LogP contribution >= 0.6 is 11.3 Å². The van der Waals surface area contributed by atoms with Crippen molar-refractivity contribution in [1.82, 2.24) is 25.4 Å². The Morgan fingerprint density at radius 3 is 2.54 bits per heavy atom. The van der Waals surface area contributed by atoms with Crippen molar-refractivity contribution in [3.63, 3.8) is 0 Å². The van der Waals surface area contributed by atoms with E-state index in [4.69, 9.17) is 0 Å². The maximum atomic E-state index is 13.4. The number of aryl methyl sites for hydroxylation is 1. The number of carbonyl (C=O) groups is 3. The van der Waals surface area contributed by atoms with Crippen LogP contribution in [0.1, 0.15) is 61.0 Å². The summed E-state index contributed by atoms with van der Waals surface area (Å²) in [5.74, 6) is 0.359. The molecule has 3 atom stereocenters. The molecule has 2 aliphatic rings. The lowest BCUT2D eigenvalue weighted by Crippen LogP contribution is -2.56. The summed E-state index contributed by atoms with van der Waals surface area (Å²) in [6, 6.07) is 6.49. The van der Waals surface area contributed by atoms with E-state index in [-0.39, 0.29) is 41.5 Å². The van der Waals surface area contributed by atoms with Gasteiger partial charge in [0.2, 0.25) is 5.91 Å². The Kier molecular flexibility index (Phi) is 10.9. The van der Waals surface area contributed by atoms with Crippen molar-refractivity contribution in [2.24, 2.45) is 11.8 Å². The van der Waals surface area contributed by atoms with Gasteiger partial charge in [0, 0.05) is 51.1 Å². The predicted molar refractivity (Wildman–Crippen MR) is 160 cm³/mol. The summed E-state index contributed by atoms with van der Waals surface area (Å²) in [5.41, 5.74) is 1.77. The van der Waals surface area contributed by atoms with Crippen molar-refractivity contribution >= 4 is 34.2 Å². The van der Waals surface area contributed by atoms with E-state index in [1.54, 1.807) is 6.92 Å². The first-order valence-corrected chi connectivity index (χ1v) is 15.4. The minimum Gasteiger partial charge on any atom is -0.353 e. The summed E-state index contributed by atoms with van der Waals surface area (Å²) in [6.45, 7) is 11.7. The molecule has 3 heterocycles. The van der Waals surface area contributed by atoms with Crippen molar-refractivity contribution < 1.29 is 18.8 Å². The summed E-state index contributed by atoms with van der Waals surface area (Å²) in [5, 5.41) is 9.38. The average Bonchev–Trinajstić information content (AvgIpc) is 3.26. The average molecular weight is 587 g/mol. The first kappa shape index (κ1) is 31.1. The third-order valence-electron chi connectivity index (χ3n) is 7.82. The number of thiazole rings is 1. The van der Waals surface area contributed by atoms with Crippen LogP contribution in [0.2, 0.25) is 0 Å². The number of aromatic nitrogens is 1. The molecule has 224 valence electrons. The van der Waals surface area contributed by atoms with Crippen LogP contribution in [-0.2, 0) is 11.2 Å². The molecule has 1 unspecified atom stereocenters. The maximum absolute atomic E-state index is 13.4. The number of Topliss-reactive ketones (excluding diaryl/α,β-unsaturated/α-hetero) is 1. The number of hydrogen-bond donors (Lipinski definition) is 3. The zero-order valence-corrected chi connectivity index (χ0v) is 25.4. The number of amides is 3. The Bertz CT molecular complexity index is 1200. The normalized spacial score (nSPS) is 22.0. The van der Waals surface area contributed by atoms with Gasteiger partial charge >= 0.3 is 6.03 Å². The summed E-state index contributed by atoms with van der Waals surface area (Å²) in [7, 11) is 0. The van der Waals surface area contributed by atoms with Crippen LogP contribution in [-0.4, -0.2) is 83.9 Å². The number of nitrogens with one attached hydrogen (secondary N) is 3. The number of nitrogens with zero attached hydrogens (tertiary/aromatic N) is 3. The Labute approximate surface area is 246 Å². The highest BCUT2D eigenvalue weighted by atomic mass is 32.1. The maximum Gasteiger partial charge on any atom is 0.321 e. The molecule has 0 saturated carbocycles. The summed E-state index contributed by atoms with van der Waals surface area (Å²) in [4.78, 5) is 46.9. The van der Waals surface area contributed by atoms with Gasteiger partial charge in [-0.2, -0.15) is 0 Å². The molecule has 0 bridgehead atoms. The monoisotopic (exact) mass is 586 g/mol. The molecule has 4 rings (SSSR count). The molecule has 3 N–H and O–H groups in total. The van der Waals surface area contributed by atoms with E-state index < -0.39 is 0 Å². The van der Waals surface area contributed by atoms with Gasteiger partial charge < -0.3 is 15.5 Å². The zero-order chi connectivity index (χ0) is 29.5. The molecule has 0 radical (unpaired) electrons. The molecule has 1 aromatic heterocycles. The van der Waals surface area contributed by atoms with Crippen molar-refractivity contribution in [1.29, 1.82) is 0 Å². The molecule has 0 aliphatic carbocycles. The van der Waals surface area contributed by atoms with Crippen LogP contribution in [0.4, 0.5) is 14.3 Å². The molecule has 41 heavy (non-hydrogen) atoms. The molecule has 3 amide bonds. The molecule has 2 fully saturated rings. The van der Waals surface area contributed by atoms with Gasteiger partial charge in [0.1, 0.15) is 5.82 Å². The zero-order valence-electron chi connectivity index (χ0n) is 24.5. The third-order valence-corrected chi connectivity index (χ3v) is 9.00. The standard InChI is InChI=1S/C30H43FN6O3S/c1-19(2)32-27(39)18-37-13-11-26(34-29(40)35-30-33-20(3)28(41-30)21(4)38)24(17-37)16-36-12-5-6-23(15-36)14-22-7-9-25(31)10-8-22/h7-10,19,23-24,26H,5-6,11-18H2,1-4H3,(H,32,39)(H2,33,34,35,40)/t23?,24-,26-/m1/s1. The molecule has 2 aliphatic heterocycles. The minimum absolute atomic E-state index is 0.0145. The van der Waals surface area contributed by atoms with E-state index in [1.807, 2.05) is 26.0 Å². The third kappa shape index (κ3) is 9.31. The number of halogens is 1. The molecule has 9 nitrogen and oxygen atoms in total. The lowest BCUT2D eigenvalue weighted by molar-refractivity contribution is -0.123. The molecule has 2 saturated heterocycles. The highest BCUT2D eigenvalue weighted by Crippen LogP contribution is 2.26. The number of urea groups is 1. The van der Waals surface area contributed by atoms with Gasteiger partial charge in [-0.1, -0.05) is 23.5 Å². The van der Waals surface area contributed by atoms with Crippen LogP contribution in [0.5, 0.6) is 0 Å². The van der Waals surface area contributed by atoms with Crippen molar-refractivity contribution in [2.45, 2.75) is 65.5 Å². The van der Waals surface area contributed by atoms with E-state index in [0.717, 1.165) is 50.9 Å². The smallest absolute Gasteiger partial charge is 0.321 e. The first-order valence-electron chi connectivity index (χ1n) is 14.6. The van der Waals surface area contributed by atoms with Crippen LogP contribution in [0.3, 0.4) is 0 Å². The molecule has 11 heteroatoms. The van der Waals surface area contributed by atoms with Crippen LogP contribution < -0.4 is 16.0 Å². The lowest BCUT2D eigenvalue weighted by Gasteiger charge is -2.42. The van der Waals surface area contributed by atoms with Crippen LogP contribution in [0, 0.1) is 24.6 Å². The quantitative estimate of drug-likeness (QED) is 0.362. The van der Waals surface area contributed by atoms with Crippen molar-refractivity contribution in [3.8, 4) is 0 Å². The second-order valence-electron chi connectivity index (χ2n) is 11.8. The Morgan fingerprint density at radius 1 is 1.10 bits per heavy atom. The summed E-state index contributed by atoms with van der Waals surface area (Å²) in [6.07, 6.45) is 3.89. The van der Waals surface area contributed by atoms with E-state index in [1.165, 1.54) is 30.4 Å². The number of hydrogen-bond acceptors (Lipinski definition) is 7. The number of benzene rings is 1. The van der Waals surface area contributed by atoms with E-state index in [0.29, 0.717) is 41.3 Å². The first-order chi connectivity index (χ1) is 19.5. The largest absolute Gasteiger partial charge is 0.353 e. The molecular weight excluding hydrogens is 543 g/mol. The summed E-state index contributed by atoms with van der Waals surface area (Å²) >= 11 is 1.19. The van der Waals surface area contributed by atoms with E-state index >= 15 is 0 Å². The van der Waals surface area contributed by atoms with Gasteiger partial charge in [-0.3, -0.25) is 19.8 Å².